The second kappa shape index (κ2) is 10.8. The van der Waals surface area contributed by atoms with Crippen LogP contribution in [0.25, 0.3) is 16.6 Å². The molecule has 35 heavy (non-hydrogen) atoms. The molecule has 1 aromatic heterocycles. The Morgan fingerprint density at radius 1 is 1.06 bits per heavy atom. The number of hydrogen-bond acceptors (Lipinski definition) is 3. The van der Waals surface area contributed by atoms with Crippen molar-refractivity contribution >= 4 is 16.8 Å². The number of nitrogens with zero attached hydrogens (tertiary/aromatic N) is 3. The second-order valence-electron chi connectivity index (χ2n) is 11.1. The molecule has 0 spiro atoms. The molecule has 2 unspecified atom stereocenters. The smallest absolute Gasteiger partial charge is 0.266 e. The zero-order valence-electron chi connectivity index (χ0n) is 22.7. The van der Waals surface area contributed by atoms with E-state index >= 15 is 0 Å². The maximum atomic E-state index is 13.8. The molecule has 5 heteroatoms. The highest BCUT2D eigenvalue weighted by Gasteiger charge is 2.29. The normalized spacial score (nSPS) is 13.6. The van der Waals surface area contributed by atoms with E-state index in [9.17, 15) is 9.59 Å². The summed E-state index contributed by atoms with van der Waals surface area (Å²) in [7, 11) is 0. The summed E-state index contributed by atoms with van der Waals surface area (Å²) < 4.78 is 1.72. The van der Waals surface area contributed by atoms with Crippen molar-refractivity contribution < 1.29 is 4.79 Å². The minimum absolute atomic E-state index is 0.100. The number of hydrogen-bond donors (Lipinski definition) is 0. The first kappa shape index (κ1) is 26.7. The van der Waals surface area contributed by atoms with Gasteiger partial charge in [-0.15, -0.1) is 0 Å². The van der Waals surface area contributed by atoms with E-state index in [-0.39, 0.29) is 28.8 Å². The third-order valence-electron chi connectivity index (χ3n) is 6.76. The molecule has 2 aromatic carbocycles. The van der Waals surface area contributed by atoms with Crippen LogP contribution in [0.1, 0.15) is 83.8 Å². The molecule has 0 saturated heterocycles. The van der Waals surface area contributed by atoms with Crippen LogP contribution < -0.4 is 5.56 Å². The minimum atomic E-state index is -0.298. The molecule has 0 fully saturated rings. The molecule has 0 aliphatic rings. The molecule has 0 radical (unpaired) electrons. The molecule has 188 valence electrons. The van der Waals surface area contributed by atoms with Crippen molar-refractivity contribution in [3.05, 3.63) is 69.8 Å². The first-order chi connectivity index (χ1) is 16.5. The van der Waals surface area contributed by atoms with Gasteiger partial charge in [-0.25, -0.2) is 4.98 Å². The van der Waals surface area contributed by atoms with E-state index in [1.54, 1.807) is 4.57 Å². The van der Waals surface area contributed by atoms with Gasteiger partial charge in [0.05, 0.1) is 22.6 Å². The molecule has 2 atom stereocenters. The molecule has 3 aromatic rings. The molecule has 1 heterocycles. The highest BCUT2D eigenvalue weighted by molar-refractivity contribution is 5.79. The van der Waals surface area contributed by atoms with Crippen molar-refractivity contribution in [1.82, 2.24) is 14.5 Å². The Morgan fingerprint density at radius 2 is 1.74 bits per heavy atom. The topological polar surface area (TPSA) is 55.2 Å². The zero-order chi connectivity index (χ0) is 25.9. The van der Waals surface area contributed by atoms with Gasteiger partial charge in [0, 0.05) is 13.0 Å². The number of amides is 1. The Kier molecular flexibility index (Phi) is 8.19. The third-order valence-corrected chi connectivity index (χ3v) is 6.76. The van der Waals surface area contributed by atoms with Crippen LogP contribution in [0.4, 0.5) is 0 Å². The van der Waals surface area contributed by atoms with Crippen molar-refractivity contribution in [2.24, 2.45) is 11.3 Å². The lowest BCUT2D eigenvalue weighted by Crippen LogP contribution is -2.39. The number of para-hydroxylation sites is 1. The molecule has 1 amide bonds. The van der Waals surface area contributed by atoms with Crippen LogP contribution in [0.3, 0.4) is 0 Å². The Bertz CT molecular complexity index is 1250. The average molecular weight is 476 g/mol. The summed E-state index contributed by atoms with van der Waals surface area (Å²) in [6.07, 6.45) is 2.14. The average Bonchev–Trinajstić information content (AvgIpc) is 2.78. The van der Waals surface area contributed by atoms with E-state index in [2.05, 4.69) is 41.5 Å². The fraction of sp³-hybridized carbons (Fsp3) is 0.500. The lowest BCUT2D eigenvalue weighted by atomic mass is 9.84. The summed E-state index contributed by atoms with van der Waals surface area (Å²) in [4.78, 5) is 34.3. The summed E-state index contributed by atoms with van der Waals surface area (Å²) >= 11 is 0. The van der Waals surface area contributed by atoms with Crippen molar-refractivity contribution in [2.75, 3.05) is 6.54 Å². The standard InChI is InChI=1S/C30H41N3O2/c1-9-26(32(10-2)27(34)17-20(3)19-30(6,7)8)28-31-25-14-12-11-13-24(25)29(35)33(28)23-16-15-21(4)22(5)18-23/h11-16,18,20,26H,9-10,17,19H2,1-8H3. The maximum Gasteiger partial charge on any atom is 0.266 e. The van der Waals surface area contributed by atoms with Gasteiger partial charge in [0.1, 0.15) is 5.82 Å². The molecule has 3 rings (SSSR count). The molecule has 0 bridgehead atoms. The predicted molar refractivity (Wildman–Crippen MR) is 145 cm³/mol. The van der Waals surface area contributed by atoms with Crippen molar-refractivity contribution in [3.63, 3.8) is 0 Å². The van der Waals surface area contributed by atoms with Gasteiger partial charge in [-0.2, -0.15) is 0 Å². The summed E-state index contributed by atoms with van der Waals surface area (Å²) in [5.74, 6) is 1.02. The number of aryl methyl sites for hydroxylation is 2. The van der Waals surface area contributed by atoms with E-state index < -0.39 is 0 Å². The first-order valence-electron chi connectivity index (χ1n) is 12.9. The van der Waals surface area contributed by atoms with Crippen LogP contribution in [-0.2, 0) is 4.79 Å². The number of aromatic nitrogens is 2. The molecule has 0 aliphatic heterocycles. The van der Waals surface area contributed by atoms with E-state index in [1.165, 1.54) is 5.56 Å². The molecular formula is C30H41N3O2. The monoisotopic (exact) mass is 475 g/mol. The number of benzene rings is 2. The first-order valence-corrected chi connectivity index (χ1v) is 12.9. The SMILES string of the molecule is CCC(c1nc2ccccc2c(=O)n1-c1ccc(C)c(C)c1)N(CC)C(=O)CC(C)CC(C)(C)C. The predicted octanol–water partition coefficient (Wildman–Crippen LogP) is 6.76. The minimum Gasteiger partial charge on any atom is -0.333 e. The Morgan fingerprint density at radius 3 is 2.34 bits per heavy atom. The highest BCUT2D eigenvalue weighted by atomic mass is 16.2. The summed E-state index contributed by atoms with van der Waals surface area (Å²) in [6, 6.07) is 13.2. The number of carbonyl (C=O) groups excluding carboxylic acids is 1. The zero-order valence-corrected chi connectivity index (χ0v) is 22.7. The van der Waals surface area contributed by atoms with Crippen LogP contribution in [0.5, 0.6) is 0 Å². The van der Waals surface area contributed by atoms with Gasteiger partial charge in [0.25, 0.3) is 5.56 Å². The van der Waals surface area contributed by atoms with Gasteiger partial charge in [0.15, 0.2) is 0 Å². The molecule has 0 saturated carbocycles. The summed E-state index contributed by atoms with van der Waals surface area (Å²) in [6.45, 7) is 17.5. The van der Waals surface area contributed by atoms with Crippen LogP contribution in [-0.4, -0.2) is 26.9 Å². The summed E-state index contributed by atoms with van der Waals surface area (Å²) in [5, 5.41) is 0.581. The van der Waals surface area contributed by atoms with Crippen molar-refractivity contribution in [2.45, 2.75) is 80.7 Å². The largest absolute Gasteiger partial charge is 0.333 e. The maximum absolute atomic E-state index is 13.8. The van der Waals surface area contributed by atoms with Crippen molar-refractivity contribution in [1.29, 1.82) is 0 Å². The van der Waals surface area contributed by atoms with Crippen LogP contribution in [0.2, 0.25) is 0 Å². The van der Waals surface area contributed by atoms with E-state index in [1.807, 2.05) is 61.2 Å². The van der Waals surface area contributed by atoms with Crippen LogP contribution in [0.15, 0.2) is 47.3 Å². The highest BCUT2D eigenvalue weighted by Crippen LogP contribution is 2.30. The van der Waals surface area contributed by atoms with Gasteiger partial charge < -0.3 is 4.90 Å². The van der Waals surface area contributed by atoms with Crippen molar-refractivity contribution in [3.8, 4) is 5.69 Å². The Labute approximate surface area is 210 Å². The van der Waals surface area contributed by atoms with E-state index in [0.717, 1.165) is 17.7 Å². The van der Waals surface area contributed by atoms with Gasteiger partial charge in [0.2, 0.25) is 5.91 Å². The number of rotatable bonds is 8. The van der Waals surface area contributed by atoms with Crippen LogP contribution >= 0.6 is 0 Å². The van der Waals surface area contributed by atoms with Crippen LogP contribution in [0, 0.1) is 25.2 Å². The molecule has 0 N–H and O–H groups in total. The fourth-order valence-electron chi connectivity index (χ4n) is 5.13. The third kappa shape index (κ3) is 6.01. The number of fused-ring (bicyclic) bond motifs is 1. The lowest BCUT2D eigenvalue weighted by Gasteiger charge is -2.33. The van der Waals surface area contributed by atoms with E-state index in [0.29, 0.717) is 36.1 Å². The van der Waals surface area contributed by atoms with Gasteiger partial charge >= 0.3 is 0 Å². The van der Waals surface area contributed by atoms with Gasteiger partial charge in [-0.05, 0) is 80.3 Å². The fourth-order valence-corrected chi connectivity index (χ4v) is 5.13. The van der Waals surface area contributed by atoms with E-state index in [4.69, 9.17) is 4.98 Å². The van der Waals surface area contributed by atoms with Gasteiger partial charge in [-0.3, -0.25) is 14.2 Å². The van der Waals surface area contributed by atoms with Gasteiger partial charge in [-0.1, -0.05) is 52.8 Å². The quantitative estimate of drug-likeness (QED) is 0.361. The second-order valence-corrected chi connectivity index (χ2v) is 11.1. The summed E-state index contributed by atoms with van der Waals surface area (Å²) in [5.41, 5.74) is 3.80. The molecular weight excluding hydrogens is 434 g/mol. The molecule has 0 aliphatic carbocycles. The lowest BCUT2D eigenvalue weighted by molar-refractivity contribution is -0.134. The Balaban J connectivity index is 2.15. The number of carbonyl (C=O) groups is 1. The Hall–Kier alpha value is -2.95. The molecule has 5 nitrogen and oxygen atoms in total.